The van der Waals surface area contributed by atoms with Crippen LogP contribution in [0.3, 0.4) is 0 Å². The minimum Gasteiger partial charge on any atom is -0.456 e. The number of amides is 1. The second-order valence-corrected chi connectivity index (χ2v) is 10.4. The molecule has 0 aliphatic carbocycles. The van der Waals surface area contributed by atoms with Crippen LogP contribution in [0.4, 0.5) is 11.4 Å². The number of fused-ring (bicyclic) bond motifs is 3. The van der Waals surface area contributed by atoms with E-state index in [4.69, 9.17) is 16.0 Å². The number of anilines is 2. The highest BCUT2D eigenvalue weighted by molar-refractivity contribution is 7.92. The van der Waals surface area contributed by atoms with Gasteiger partial charge in [-0.3, -0.25) is 9.10 Å². The van der Waals surface area contributed by atoms with Crippen LogP contribution in [-0.4, -0.2) is 20.9 Å². The number of aryl methyl sites for hydroxylation is 1. The molecule has 5 aromatic rings. The van der Waals surface area contributed by atoms with Crippen molar-refractivity contribution >= 4 is 60.8 Å². The molecule has 1 amide bonds. The Balaban J connectivity index is 1.46. The van der Waals surface area contributed by atoms with Crippen LogP contribution in [0, 0.1) is 6.92 Å². The molecule has 1 N–H and O–H groups in total. The quantitative estimate of drug-likeness (QED) is 0.291. The fourth-order valence-electron chi connectivity index (χ4n) is 4.01. The van der Waals surface area contributed by atoms with Gasteiger partial charge in [0.25, 0.3) is 10.0 Å². The Morgan fingerprint density at radius 1 is 0.886 bits per heavy atom. The smallest absolute Gasteiger partial charge is 0.264 e. The number of carbonyl (C=O) groups is 1. The van der Waals surface area contributed by atoms with E-state index < -0.39 is 22.5 Å². The number of nitrogens with zero attached hydrogens (tertiary/aromatic N) is 1. The SMILES string of the molecule is Cc1ccccc1N(CC(=O)Nc1ccc2c(c1)oc1ccccc12)S(=O)(=O)c1ccc(Cl)cc1. The molecule has 0 saturated heterocycles. The summed E-state index contributed by atoms with van der Waals surface area (Å²) in [7, 11) is -4.04. The molecule has 0 bridgehead atoms. The highest BCUT2D eigenvalue weighted by atomic mass is 35.5. The van der Waals surface area contributed by atoms with Crippen LogP contribution in [0.2, 0.25) is 5.02 Å². The van der Waals surface area contributed by atoms with Crippen LogP contribution in [0.1, 0.15) is 5.56 Å². The molecular formula is C27H21ClN2O4S. The molecule has 4 aromatic carbocycles. The number of hydrogen-bond donors (Lipinski definition) is 1. The van der Waals surface area contributed by atoms with Gasteiger partial charge in [0, 0.05) is 27.5 Å². The summed E-state index contributed by atoms with van der Waals surface area (Å²) < 4.78 is 34.1. The summed E-state index contributed by atoms with van der Waals surface area (Å²) in [6, 6.07) is 26.0. The van der Waals surface area contributed by atoms with Crippen molar-refractivity contribution in [2.75, 3.05) is 16.2 Å². The van der Waals surface area contributed by atoms with E-state index in [0.29, 0.717) is 22.0 Å². The Bertz CT molecular complexity index is 1660. The fraction of sp³-hybridized carbons (Fsp3) is 0.0741. The third-order valence-corrected chi connectivity index (χ3v) is 7.76. The van der Waals surface area contributed by atoms with Crippen molar-refractivity contribution in [2.45, 2.75) is 11.8 Å². The van der Waals surface area contributed by atoms with E-state index in [1.807, 2.05) is 36.4 Å². The summed E-state index contributed by atoms with van der Waals surface area (Å²) in [5.41, 5.74) is 3.04. The summed E-state index contributed by atoms with van der Waals surface area (Å²) in [5, 5.41) is 5.15. The van der Waals surface area contributed by atoms with Gasteiger partial charge in [-0.25, -0.2) is 8.42 Å². The molecule has 0 spiro atoms. The highest BCUT2D eigenvalue weighted by Crippen LogP contribution is 2.31. The maximum atomic E-state index is 13.5. The molecule has 0 atom stereocenters. The lowest BCUT2D eigenvalue weighted by molar-refractivity contribution is -0.114. The number of benzene rings is 4. The topological polar surface area (TPSA) is 79.6 Å². The molecule has 8 heteroatoms. The maximum absolute atomic E-state index is 13.5. The number of sulfonamides is 1. The minimum atomic E-state index is -4.04. The van der Waals surface area contributed by atoms with Crippen LogP contribution in [-0.2, 0) is 14.8 Å². The Hall–Kier alpha value is -3.81. The number of furan rings is 1. The Morgan fingerprint density at radius 3 is 2.34 bits per heavy atom. The number of nitrogens with one attached hydrogen (secondary N) is 1. The lowest BCUT2D eigenvalue weighted by Crippen LogP contribution is -2.38. The molecule has 0 radical (unpaired) electrons. The molecule has 176 valence electrons. The van der Waals surface area contributed by atoms with E-state index in [2.05, 4.69) is 5.32 Å². The van der Waals surface area contributed by atoms with Gasteiger partial charge in [-0.2, -0.15) is 0 Å². The van der Waals surface area contributed by atoms with Gasteiger partial charge in [0.15, 0.2) is 0 Å². The van der Waals surface area contributed by atoms with Crippen LogP contribution < -0.4 is 9.62 Å². The molecule has 0 fully saturated rings. The van der Waals surface area contributed by atoms with Crippen LogP contribution in [0.25, 0.3) is 21.9 Å². The molecule has 0 unspecified atom stereocenters. The van der Waals surface area contributed by atoms with Gasteiger partial charge in [-0.15, -0.1) is 0 Å². The summed E-state index contributed by atoms with van der Waals surface area (Å²) in [6.07, 6.45) is 0. The van der Waals surface area contributed by atoms with Gasteiger partial charge >= 0.3 is 0 Å². The van der Waals surface area contributed by atoms with Gasteiger partial charge in [-0.05, 0) is 61.0 Å². The molecule has 1 aromatic heterocycles. The van der Waals surface area contributed by atoms with Gasteiger partial charge < -0.3 is 9.73 Å². The normalized spacial score (nSPS) is 11.6. The first-order valence-corrected chi connectivity index (χ1v) is 12.7. The number of para-hydroxylation sites is 2. The molecule has 0 saturated carbocycles. The molecule has 35 heavy (non-hydrogen) atoms. The van der Waals surface area contributed by atoms with Gasteiger partial charge in [0.2, 0.25) is 5.91 Å². The number of hydrogen-bond acceptors (Lipinski definition) is 4. The van der Waals surface area contributed by atoms with E-state index in [-0.39, 0.29) is 4.90 Å². The minimum absolute atomic E-state index is 0.0432. The molecule has 0 aliphatic rings. The monoisotopic (exact) mass is 504 g/mol. The van der Waals surface area contributed by atoms with Crippen molar-refractivity contribution in [1.29, 1.82) is 0 Å². The number of rotatable bonds is 6. The summed E-state index contributed by atoms with van der Waals surface area (Å²) in [5.74, 6) is -0.485. The van der Waals surface area contributed by atoms with Gasteiger partial charge in [-0.1, -0.05) is 48.0 Å². The average molecular weight is 505 g/mol. The summed E-state index contributed by atoms with van der Waals surface area (Å²) >= 11 is 5.95. The van der Waals surface area contributed by atoms with Crippen molar-refractivity contribution < 1.29 is 17.6 Å². The second kappa shape index (κ2) is 9.09. The predicted molar refractivity (Wildman–Crippen MR) is 140 cm³/mol. The zero-order valence-electron chi connectivity index (χ0n) is 18.7. The largest absolute Gasteiger partial charge is 0.456 e. The molecule has 1 heterocycles. The van der Waals surface area contributed by atoms with E-state index in [9.17, 15) is 13.2 Å². The maximum Gasteiger partial charge on any atom is 0.264 e. The van der Waals surface area contributed by atoms with Crippen LogP contribution in [0.5, 0.6) is 0 Å². The van der Waals surface area contributed by atoms with Crippen LogP contribution in [0.15, 0.2) is 100 Å². The van der Waals surface area contributed by atoms with Crippen molar-refractivity contribution in [1.82, 2.24) is 0 Å². The van der Waals surface area contributed by atoms with Crippen LogP contribution >= 0.6 is 11.6 Å². The average Bonchev–Trinajstić information content (AvgIpc) is 3.21. The summed E-state index contributed by atoms with van der Waals surface area (Å²) in [4.78, 5) is 13.1. The number of halogens is 1. The third-order valence-electron chi connectivity index (χ3n) is 5.74. The first kappa shape index (κ1) is 23.0. The fourth-order valence-corrected chi connectivity index (χ4v) is 5.62. The van der Waals surface area contributed by atoms with E-state index in [1.54, 1.807) is 37.3 Å². The Labute approximate surface area is 207 Å². The van der Waals surface area contributed by atoms with Gasteiger partial charge in [0.1, 0.15) is 17.7 Å². The summed E-state index contributed by atoms with van der Waals surface area (Å²) in [6.45, 7) is 1.39. The number of carbonyl (C=O) groups excluding carboxylic acids is 1. The first-order valence-electron chi connectivity index (χ1n) is 10.9. The zero-order valence-corrected chi connectivity index (χ0v) is 20.3. The lowest BCUT2D eigenvalue weighted by Gasteiger charge is -2.25. The molecule has 6 nitrogen and oxygen atoms in total. The van der Waals surface area contributed by atoms with Crippen molar-refractivity contribution in [2.24, 2.45) is 0 Å². The van der Waals surface area contributed by atoms with E-state index >= 15 is 0 Å². The van der Waals surface area contributed by atoms with E-state index in [1.165, 1.54) is 24.3 Å². The Kier molecular flexibility index (Phi) is 5.96. The van der Waals surface area contributed by atoms with Crippen molar-refractivity contribution in [3.8, 4) is 0 Å². The zero-order chi connectivity index (χ0) is 24.6. The Morgan fingerprint density at radius 2 is 1.57 bits per heavy atom. The first-order chi connectivity index (χ1) is 16.8. The van der Waals surface area contributed by atoms with Crippen molar-refractivity contribution in [3.05, 3.63) is 102 Å². The van der Waals surface area contributed by atoms with E-state index in [0.717, 1.165) is 26.2 Å². The molecular weight excluding hydrogens is 484 g/mol. The highest BCUT2D eigenvalue weighted by Gasteiger charge is 2.28. The van der Waals surface area contributed by atoms with Crippen molar-refractivity contribution in [3.63, 3.8) is 0 Å². The second-order valence-electron chi connectivity index (χ2n) is 8.11. The lowest BCUT2D eigenvalue weighted by atomic mass is 10.1. The molecule has 0 aliphatic heterocycles. The molecule has 5 rings (SSSR count). The van der Waals surface area contributed by atoms with Gasteiger partial charge in [0.05, 0.1) is 10.6 Å². The predicted octanol–water partition coefficient (Wildman–Crippen LogP) is 6.38. The standard InChI is InChI=1S/C27H21ClN2O4S/c1-18-6-2-4-8-24(18)30(35(32,33)21-13-10-19(28)11-14-21)17-27(31)29-20-12-15-23-22-7-3-5-9-25(22)34-26(23)16-20/h2-16H,17H2,1H3,(H,29,31). The third kappa shape index (κ3) is 4.48.